The number of aryl methyl sites for hydroxylation is 2. The number of benzene rings is 2. The van der Waals surface area contributed by atoms with E-state index in [1.165, 1.54) is 11.6 Å². The fourth-order valence-electron chi connectivity index (χ4n) is 2.74. The lowest BCUT2D eigenvalue weighted by Gasteiger charge is -2.11. The number of hydrogen-bond acceptors (Lipinski definition) is 3. The third kappa shape index (κ3) is 6.48. The first-order valence-corrected chi connectivity index (χ1v) is 9.40. The average molecular weight is 367 g/mol. The number of amides is 1. The lowest BCUT2D eigenvalue weighted by Crippen LogP contribution is -2.08. The number of unbranched alkanes of at least 4 members (excludes halogenated alkanes) is 2. The van der Waals surface area contributed by atoms with Gasteiger partial charge in [-0.05, 0) is 55.7 Å². The molecule has 0 aliphatic heterocycles. The zero-order valence-electron chi connectivity index (χ0n) is 16.7. The molecular weight excluding hydrogens is 338 g/mol. The molecule has 0 fully saturated rings. The third-order valence-electron chi connectivity index (χ3n) is 4.26. The number of rotatable bonds is 9. The minimum absolute atomic E-state index is 0.166. The second-order valence-electron chi connectivity index (χ2n) is 6.61. The van der Waals surface area contributed by atoms with Crippen LogP contribution < -0.4 is 14.8 Å². The smallest absolute Gasteiger partial charge is 0.248 e. The van der Waals surface area contributed by atoms with Crippen LogP contribution in [0.5, 0.6) is 11.5 Å². The molecule has 27 heavy (non-hydrogen) atoms. The largest absolute Gasteiger partial charge is 0.493 e. The van der Waals surface area contributed by atoms with Crippen molar-refractivity contribution in [2.45, 2.75) is 40.0 Å². The van der Waals surface area contributed by atoms with Crippen molar-refractivity contribution in [3.63, 3.8) is 0 Å². The summed E-state index contributed by atoms with van der Waals surface area (Å²) < 4.78 is 11.2. The summed E-state index contributed by atoms with van der Waals surface area (Å²) in [6.07, 6.45) is 6.63. The Hall–Kier alpha value is -2.75. The van der Waals surface area contributed by atoms with Crippen LogP contribution in [0.25, 0.3) is 6.08 Å². The number of hydrogen-bond donors (Lipinski definition) is 1. The molecule has 1 N–H and O–H groups in total. The minimum atomic E-state index is -0.166. The molecule has 2 rings (SSSR count). The molecule has 0 heterocycles. The van der Waals surface area contributed by atoms with Gasteiger partial charge in [0.05, 0.1) is 13.7 Å². The van der Waals surface area contributed by atoms with Gasteiger partial charge in [0.1, 0.15) is 0 Å². The number of methoxy groups -OCH3 is 1. The third-order valence-corrected chi connectivity index (χ3v) is 4.26. The normalized spacial score (nSPS) is 10.8. The average Bonchev–Trinajstić information content (AvgIpc) is 2.66. The van der Waals surface area contributed by atoms with Gasteiger partial charge in [-0.25, -0.2) is 0 Å². The van der Waals surface area contributed by atoms with Crippen LogP contribution in [0.3, 0.4) is 0 Å². The molecule has 144 valence electrons. The SMILES string of the molecule is CCCCCOc1ccc(C=CC(=O)Nc2ccc(C)cc2C)cc1OC. The zero-order valence-corrected chi connectivity index (χ0v) is 16.7. The van der Waals surface area contributed by atoms with E-state index in [4.69, 9.17) is 9.47 Å². The number of carbonyl (C=O) groups excluding carboxylic acids is 1. The molecule has 0 spiro atoms. The number of carbonyl (C=O) groups is 1. The topological polar surface area (TPSA) is 47.6 Å². The Bertz CT molecular complexity index is 796. The van der Waals surface area contributed by atoms with E-state index >= 15 is 0 Å². The fourth-order valence-corrected chi connectivity index (χ4v) is 2.74. The van der Waals surface area contributed by atoms with Crippen LogP contribution in [-0.2, 0) is 4.79 Å². The number of nitrogens with one attached hydrogen (secondary N) is 1. The van der Waals surface area contributed by atoms with Crippen molar-refractivity contribution in [2.24, 2.45) is 0 Å². The number of ether oxygens (including phenoxy) is 2. The van der Waals surface area contributed by atoms with Crippen LogP contribution >= 0.6 is 0 Å². The molecule has 0 aromatic heterocycles. The van der Waals surface area contributed by atoms with Gasteiger partial charge in [-0.2, -0.15) is 0 Å². The van der Waals surface area contributed by atoms with E-state index in [1.54, 1.807) is 13.2 Å². The van der Waals surface area contributed by atoms with E-state index in [0.29, 0.717) is 12.4 Å². The van der Waals surface area contributed by atoms with Crippen molar-refractivity contribution in [1.82, 2.24) is 0 Å². The van der Waals surface area contributed by atoms with Gasteiger partial charge in [0.25, 0.3) is 0 Å². The van der Waals surface area contributed by atoms with E-state index in [-0.39, 0.29) is 5.91 Å². The summed E-state index contributed by atoms with van der Waals surface area (Å²) in [6.45, 7) is 6.86. The molecule has 2 aromatic carbocycles. The first kappa shape index (κ1) is 20.6. The van der Waals surface area contributed by atoms with Gasteiger partial charge in [0.2, 0.25) is 5.91 Å². The predicted molar refractivity (Wildman–Crippen MR) is 112 cm³/mol. The summed E-state index contributed by atoms with van der Waals surface area (Å²) in [7, 11) is 1.62. The van der Waals surface area contributed by atoms with Gasteiger partial charge in [-0.15, -0.1) is 0 Å². The molecule has 0 aliphatic rings. The van der Waals surface area contributed by atoms with Crippen molar-refractivity contribution in [3.05, 3.63) is 59.2 Å². The predicted octanol–water partition coefficient (Wildman–Crippen LogP) is 5.53. The summed E-state index contributed by atoms with van der Waals surface area (Å²) in [5.41, 5.74) is 3.92. The maximum atomic E-state index is 12.2. The summed E-state index contributed by atoms with van der Waals surface area (Å²) in [5.74, 6) is 1.23. The highest BCUT2D eigenvalue weighted by atomic mass is 16.5. The van der Waals surface area contributed by atoms with E-state index in [9.17, 15) is 4.79 Å². The highest BCUT2D eigenvalue weighted by Gasteiger charge is 2.06. The molecular formula is C23H29NO3. The monoisotopic (exact) mass is 367 g/mol. The van der Waals surface area contributed by atoms with Crippen LogP contribution in [0.4, 0.5) is 5.69 Å². The summed E-state index contributed by atoms with van der Waals surface area (Å²) >= 11 is 0. The van der Waals surface area contributed by atoms with E-state index in [2.05, 4.69) is 12.2 Å². The standard InChI is InChI=1S/C23H29NO3/c1-5-6-7-14-27-21-12-9-19(16-22(21)26-4)10-13-23(25)24-20-11-8-17(2)15-18(20)3/h8-13,15-16H,5-7,14H2,1-4H3,(H,24,25). The molecule has 4 nitrogen and oxygen atoms in total. The van der Waals surface area contributed by atoms with Crippen molar-refractivity contribution < 1.29 is 14.3 Å². The summed E-state index contributed by atoms with van der Waals surface area (Å²) in [5, 5.41) is 2.91. The highest BCUT2D eigenvalue weighted by Crippen LogP contribution is 2.28. The Morgan fingerprint density at radius 3 is 2.59 bits per heavy atom. The Morgan fingerprint density at radius 1 is 1.07 bits per heavy atom. The van der Waals surface area contributed by atoms with Gasteiger partial charge in [0, 0.05) is 11.8 Å². The lowest BCUT2D eigenvalue weighted by atomic mass is 10.1. The maximum Gasteiger partial charge on any atom is 0.248 e. The molecule has 0 aliphatic carbocycles. The van der Waals surface area contributed by atoms with Crippen LogP contribution in [0.15, 0.2) is 42.5 Å². The molecule has 4 heteroatoms. The van der Waals surface area contributed by atoms with Crippen LogP contribution in [0.1, 0.15) is 42.9 Å². The second kappa shape index (κ2) is 10.4. The van der Waals surface area contributed by atoms with Gasteiger partial charge >= 0.3 is 0 Å². The van der Waals surface area contributed by atoms with Crippen molar-refractivity contribution >= 4 is 17.7 Å². The van der Waals surface area contributed by atoms with Crippen molar-refractivity contribution in [3.8, 4) is 11.5 Å². The van der Waals surface area contributed by atoms with E-state index < -0.39 is 0 Å². The summed E-state index contributed by atoms with van der Waals surface area (Å²) in [4.78, 5) is 12.2. The van der Waals surface area contributed by atoms with Gasteiger partial charge < -0.3 is 14.8 Å². The number of anilines is 1. The molecule has 0 bridgehead atoms. The van der Waals surface area contributed by atoms with Gasteiger partial charge in [-0.3, -0.25) is 4.79 Å². The van der Waals surface area contributed by atoms with E-state index in [1.807, 2.05) is 50.2 Å². The quantitative estimate of drug-likeness (QED) is 0.468. The summed E-state index contributed by atoms with van der Waals surface area (Å²) in [6, 6.07) is 11.6. The molecule has 0 atom stereocenters. The van der Waals surface area contributed by atoms with Crippen LogP contribution in [0.2, 0.25) is 0 Å². The first-order chi connectivity index (χ1) is 13.0. The fraction of sp³-hybridized carbons (Fsp3) is 0.348. The molecule has 0 unspecified atom stereocenters. The molecule has 1 amide bonds. The lowest BCUT2D eigenvalue weighted by molar-refractivity contribution is -0.111. The molecule has 0 saturated carbocycles. The van der Waals surface area contributed by atoms with Gasteiger partial charge in [-0.1, -0.05) is 43.5 Å². The van der Waals surface area contributed by atoms with Gasteiger partial charge in [0.15, 0.2) is 11.5 Å². The van der Waals surface area contributed by atoms with E-state index in [0.717, 1.165) is 41.8 Å². The Labute approximate surface area is 162 Å². The van der Waals surface area contributed by atoms with Crippen LogP contribution in [-0.4, -0.2) is 19.6 Å². The molecule has 0 radical (unpaired) electrons. The zero-order chi connectivity index (χ0) is 19.6. The second-order valence-corrected chi connectivity index (χ2v) is 6.61. The first-order valence-electron chi connectivity index (χ1n) is 9.40. The van der Waals surface area contributed by atoms with Crippen molar-refractivity contribution in [2.75, 3.05) is 19.0 Å². The minimum Gasteiger partial charge on any atom is -0.493 e. The highest BCUT2D eigenvalue weighted by molar-refractivity contribution is 6.02. The van der Waals surface area contributed by atoms with Crippen molar-refractivity contribution in [1.29, 1.82) is 0 Å². The molecule has 2 aromatic rings. The molecule has 0 saturated heterocycles. The Morgan fingerprint density at radius 2 is 1.89 bits per heavy atom. The maximum absolute atomic E-state index is 12.2. The Balaban J connectivity index is 1.99. The Kier molecular flexibility index (Phi) is 7.93. The van der Waals surface area contributed by atoms with Crippen LogP contribution in [0, 0.1) is 13.8 Å².